The van der Waals surface area contributed by atoms with Crippen LogP contribution in [0, 0.1) is 18.8 Å². The van der Waals surface area contributed by atoms with Crippen LogP contribution < -0.4 is 0 Å². The first kappa shape index (κ1) is 14.9. The molecule has 2 aromatic rings. The molecule has 21 heavy (non-hydrogen) atoms. The lowest BCUT2D eigenvalue weighted by molar-refractivity contribution is -0.123. The van der Waals surface area contributed by atoms with Crippen molar-refractivity contribution in [3.8, 4) is 11.8 Å². The monoisotopic (exact) mass is 277 g/mol. The summed E-state index contributed by atoms with van der Waals surface area (Å²) in [5.41, 5.74) is 3.22. The van der Waals surface area contributed by atoms with Crippen molar-refractivity contribution in [2.45, 2.75) is 13.3 Å². The molecule has 0 unspecified atom stereocenters. The molecular weight excluding hydrogens is 258 g/mol. The topological polar surface area (TPSA) is 20.3 Å². The van der Waals surface area contributed by atoms with Crippen LogP contribution in [0.1, 0.15) is 16.7 Å². The largest absolute Gasteiger partial charge is 0.335 e. The lowest BCUT2D eigenvalue weighted by Crippen LogP contribution is -2.27. The molecule has 0 N–H and O–H groups in total. The molecule has 2 heteroatoms. The first-order chi connectivity index (χ1) is 10.2. The number of likely N-dealkylation sites (N-methyl/N-ethyl adjacent to an activating group) is 1. The summed E-state index contributed by atoms with van der Waals surface area (Å²) in [5.74, 6) is 5.52. The Morgan fingerprint density at radius 3 is 2.43 bits per heavy atom. The Hall–Kier alpha value is -2.53. The quantitative estimate of drug-likeness (QED) is 0.790. The van der Waals surface area contributed by atoms with Gasteiger partial charge < -0.3 is 4.90 Å². The van der Waals surface area contributed by atoms with Crippen molar-refractivity contribution >= 4 is 5.91 Å². The Labute approximate surface area is 126 Å². The minimum atomic E-state index is -0.144. The van der Waals surface area contributed by atoms with Gasteiger partial charge in [0.1, 0.15) is 0 Å². The molecule has 0 aromatic heterocycles. The third kappa shape index (κ3) is 4.50. The van der Waals surface area contributed by atoms with Crippen LogP contribution in [0.2, 0.25) is 0 Å². The number of nitrogens with zero attached hydrogens (tertiary/aromatic N) is 1. The van der Waals surface area contributed by atoms with E-state index in [2.05, 4.69) is 24.0 Å². The molecule has 0 aliphatic carbocycles. The molecule has 0 fully saturated rings. The normalized spacial score (nSPS) is 9.62. The Balaban J connectivity index is 1.93. The number of rotatable bonds is 3. The zero-order valence-corrected chi connectivity index (χ0v) is 12.5. The van der Waals surface area contributed by atoms with Gasteiger partial charge in [0.25, 0.3) is 5.91 Å². The highest BCUT2D eigenvalue weighted by Gasteiger charge is 2.05. The van der Waals surface area contributed by atoms with E-state index in [1.807, 2.05) is 49.4 Å². The molecule has 0 bridgehead atoms. The van der Waals surface area contributed by atoms with Gasteiger partial charge in [0.05, 0.1) is 0 Å². The molecule has 0 aliphatic heterocycles. The van der Waals surface area contributed by atoms with Gasteiger partial charge >= 0.3 is 0 Å². The van der Waals surface area contributed by atoms with E-state index >= 15 is 0 Å². The molecule has 0 heterocycles. The first-order valence-corrected chi connectivity index (χ1v) is 7.03. The van der Waals surface area contributed by atoms with Crippen molar-refractivity contribution in [1.82, 2.24) is 4.90 Å². The number of aryl methyl sites for hydroxylation is 1. The smallest absolute Gasteiger partial charge is 0.298 e. The summed E-state index contributed by atoms with van der Waals surface area (Å²) in [4.78, 5) is 13.7. The Morgan fingerprint density at radius 2 is 1.71 bits per heavy atom. The van der Waals surface area contributed by atoms with Gasteiger partial charge in [-0.15, -0.1) is 0 Å². The van der Waals surface area contributed by atoms with Crippen molar-refractivity contribution < 1.29 is 4.79 Å². The van der Waals surface area contributed by atoms with Crippen LogP contribution in [0.25, 0.3) is 0 Å². The minimum absolute atomic E-state index is 0.144. The van der Waals surface area contributed by atoms with Crippen LogP contribution >= 0.6 is 0 Å². The van der Waals surface area contributed by atoms with E-state index in [-0.39, 0.29) is 5.91 Å². The van der Waals surface area contributed by atoms with E-state index in [0.29, 0.717) is 6.54 Å². The zero-order chi connectivity index (χ0) is 15.1. The molecule has 2 rings (SSSR count). The first-order valence-electron chi connectivity index (χ1n) is 7.03. The lowest BCUT2D eigenvalue weighted by atomic mass is 10.1. The van der Waals surface area contributed by atoms with Crippen molar-refractivity contribution in [3.63, 3.8) is 0 Å². The van der Waals surface area contributed by atoms with Gasteiger partial charge in [-0.3, -0.25) is 4.79 Å². The van der Waals surface area contributed by atoms with E-state index in [0.717, 1.165) is 17.5 Å². The fraction of sp³-hybridized carbons (Fsp3) is 0.211. The van der Waals surface area contributed by atoms with E-state index in [4.69, 9.17) is 0 Å². The van der Waals surface area contributed by atoms with Crippen molar-refractivity contribution in [2.24, 2.45) is 0 Å². The lowest BCUT2D eigenvalue weighted by Gasteiger charge is -2.13. The van der Waals surface area contributed by atoms with Crippen LogP contribution in [0.3, 0.4) is 0 Å². The van der Waals surface area contributed by atoms with Gasteiger partial charge in [-0.05, 0) is 30.5 Å². The molecule has 0 spiro atoms. The Morgan fingerprint density at radius 1 is 1.05 bits per heavy atom. The average molecular weight is 277 g/mol. The fourth-order valence-electron chi connectivity index (χ4n) is 1.97. The van der Waals surface area contributed by atoms with Crippen LogP contribution in [0.5, 0.6) is 0 Å². The SMILES string of the molecule is Cc1ccccc1C#CC(=O)N(C)CCc1ccccc1. The second-order valence-corrected chi connectivity index (χ2v) is 5.03. The van der Waals surface area contributed by atoms with E-state index < -0.39 is 0 Å². The molecular formula is C19H19NO. The van der Waals surface area contributed by atoms with Crippen molar-refractivity contribution in [1.29, 1.82) is 0 Å². The van der Waals surface area contributed by atoms with Crippen LogP contribution in [-0.4, -0.2) is 24.4 Å². The molecule has 0 aliphatic rings. The number of benzene rings is 2. The van der Waals surface area contributed by atoms with Crippen molar-refractivity contribution in [2.75, 3.05) is 13.6 Å². The highest BCUT2D eigenvalue weighted by Crippen LogP contribution is 2.04. The summed E-state index contributed by atoms with van der Waals surface area (Å²) in [6.07, 6.45) is 0.842. The number of hydrogen-bond donors (Lipinski definition) is 0. The summed E-state index contributed by atoms with van der Waals surface area (Å²) >= 11 is 0. The number of carbonyl (C=O) groups is 1. The molecule has 0 saturated heterocycles. The Kier molecular flexibility index (Phi) is 5.17. The van der Waals surface area contributed by atoms with Gasteiger partial charge in [-0.25, -0.2) is 0 Å². The second kappa shape index (κ2) is 7.31. The summed E-state index contributed by atoms with van der Waals surface area (Å²) in [6, 6.07) is 18.0. The summed E-state index contributed by atoms with van der Waals surface area (Å²) in [5, 5.41) is 0. The van der Waals surface area contributed by atoms with Crippen LogP contribution in [0.4, 0.5) is 0 Å². The highest BCUT2D eigenvalue weighted by atomic mass is 16.2. The molecule has 0 atom stereocenters. The van der Waals surface area contributed by atoms with Crippen LogP contribution in [0.15, 0.2) is 54.6 Å². The molecule has 0 radical (unpaired) electrons. The maximum absolute atomic E-state index is 12.0. The van der Waals surface area contributed by atoms with Gasteiger partial charge in [-0.2, -0.15) is 0 Å². The maximum Gasteiger partial charge on any atom is 0.298 e. The molecule has 1 amide bonds. The number of hydrogen-bond acceptors (Lipinski definition) is 1. The molecule has 0 saturated carbocycles. The summed E-state index contributed by atoms with van der Waals surface area (Å²) in [7, 11) is 1.79. The van der Waals surface area contributed by atoms with Gasteiger partial charge in [0.15, 0.2) is 0 Å². The maximum atomic E-state index is 12.0. The fourth-order valence-corrected chi connectivity index (χ4v) is 1.97. The zero-order valence-electron chi connectivity index (χ0n) is 12.5. The van der Waals surface area contributed by atoms with Crippen LogP contribution in [-0.2, 0) is 11.2 Å². The van der Waals surface area contributed by atoms with Gasteiger partial charge in [0, 0.05) is 25.1 Å². The minimum Gasteiger partial charge on any atom is -0.335 e. The average Bonchev–Trinajstić information content (AvgIpc) is 2.52. The van der Waals surface area contributed by atoms with Gasteiger partial charge in [0.2, 0.25) is 0 Å². The van der Waals surface area contributed by atoms with Crippen molar-refractivity contribution in [3.05, 3.63) is 71.3 Å². The molecule has 2 aromatic carbocycles. The number of amides is 1. The predicted molar refractivity (Wildman–Crippen MR) is 85.8 cm³/mol. The third-order valence-electron chi connectivity index (χ3n) is 3.37. The second-order valence-electron chi connectivity index (χ2n) is 5.03. The van der Waals surface area contributed by atoms with E-state index in [1.54, 1.807) is 11.9 Å². The standard InChI is InChI=1S/C19H19NO/c1-16-8-6-7-11-18(16)12-13-19(21)20(2)15-14-17-9-4-3-5-10-17/h3-11H,14-15H2,1-2H3. The molecule has 2 nitrogen and oxygen atoms in total. The summed E-state index contributed by atoms with van der Waals surface area (Å²) < 4.78 is 0. The predicted octanol–water partition coefficient (Wildman–Crippen LogP) is 3.05. The third-order valence-corrected chi connectivity index (χ3v) is 3.37. The van der Waals surface area contributed by atoms with Gasteiger partial charge in [-0.1, -0.05) is 54.5 Å². The summed E-state index contributed by atoms with van der Waals surface area (Å²) in [6.45, 7) is 2.67. The van der Waals surface area contributed by atoms with E-state index in [9.17, 15) is 4.79 Å². The van der Waals surface area contributed by atoms with E-state index in [1.165, 1.54) is 5.56 Å². The number of carbonyl (C=O) groups excluding carboxylic acids is 1. The Bertz CT molecular complexity index is 665. The highest BCUT2D eigenvalue weighted by molar-refractivity contribution is 5.94. The molecule has 106 valence electrons.